The van der Waals surface area contributed by atoms with E-state index in [2.05, 4.69) is 20.1 Å². The first-order chi connectivity index (χ1) is 9.61. The van der Waals surface area contributed by atoms with E-state index in [4.69, 9.17) is 18.0 Å². The van der Waals surface area contributed by atoms with E-state index in [0.717, 1.165) is 23.5 Å². The van der Waals surface area contributed by atoms with Crippen molar-refractivity contribution in [3.8, 4) is 0 Å². The maximum atomic E-state index is 5.75. The van der Waals surface area contributed by atoms with Crippen molar-refractivity contribution in [2.45, 2.75) is 20.4 Å². The number of nitrogens with two attached hydrogens (primary N) is 1. The van der Waals surface area contributed by atoms with Gasteiger partial charge < -0.3 is 10.6 Å². The Labute approximate surface area is 123 Å². The predicted octanol–water partition coefficient (Wildman–Crippen LogP) is 1.84. The minimum atomic E-state index is 0.325. The quantitative estimate of drug-likeness (QED) is 0.846. The van der Waals surface area contributed by atoms with Gasteiger partial charge in [0.15, 0.2) is 5.82 Å². The fourth-order valence-corrected chi connectivity index (χ4v) is 2.13. The Kier molecular flexibility index (Phi) is 4.57. The van der Waals surface area contributed by atoms with Crippen molar-refractivity contribution in [3.05, 3.63) is 47.4 Å². The summed E-state index contributed by atoms with van der Waals surface area (Å²) in [6.45, 7) is 5.44. The molecule has 0 aliphatic rings. The molecule has 0 aliphatic carbocycles. The normalized spacial score (nSPS) is 10.3. The van der Waals surface area contributed by atoms with Crippen molar-refractivity contribution >= 4 is 23.0 Å². The lowest BCUT2D eigenvalue weighted by molar-refractivity contribution is 0.775. The van der Waals surface area contributed by atoms with Gasteiger partial charge >= 0.3 is 0 Å². The number of aryl methyl sites for hydroxylation is 1. The molecule has 0 atom stereocenters. The number of rotatable bonds is 5. The smallest absolute Gasteiger partial charge is 0.161 e. The largest absolute Gasteiger partial charge is 0.389 e. The third kappa shape index (κ3) is 3.27. The van der Waals surface area contributed by atoms with Crippen LogP contribution in [0.3, 0.4) is 0 Å². The lowest BCUT2D eigenvalue weighted by Crippen LogP contribution is -2.27. The second-order valence-corrected chi connectivity index (χ2v) is 4.86. The molecule has 2 rings (SSSR count). The molecule has 5 nitrogen and oxygen atoms in total. The third-order valence-electron chi connectivity index (χ3n) is 2.95. The molecular formula is C14H17N5S. The summed E-state index contributed by atoms with van der Waals surface area (Å²) in [6.07, 6.45) is 1.59. The van der Waals surface area contributed by atoms with Crippen LogP contribution in [0.25, 0.3) is 0 Å². The fraction of sp³-hybridized carbons (Fsp3) is 0.286. The molecule has 0 saturated carbocycles. The number of pyridine rings is 1. The molecule has 104 valence electrons. The van der Waals surface area contributed by atoms with Crippen LogP contribution in [0.1, 0.15) is 23.9 Å². The Morgan fingerprint density at radius 3 is 2.80 bits per heavy atom. The first-order valence-electron chi connectivity index (χ1n) is 6.40. The minimum absolute atomic E-state index is 0.325. The van der Waals surface area contributed by atoms with E-state index in [1.54, 1.807) is 12.3 Å². The molecule has 0 saturated heterocycles. The molecule has 0 radical (unpaired) electrons. The summed E-state index contributed by atoms with van der Waals surface area (Å²) in [5, 5.41) is 8.10. The van der Waals surface area contributed by atoms with E-state index in [-0.39, 0.29) is 0 Å². The molecule has 2 N–H and O–H groups in total. The van der Waals surface area contributed by atoms with Gasteiger partial charge in [-0.3, -0.25) is 4.98 Å². The molecule has 0 fully saturated rings. The average Bonchev–Trinajstić information content (AvgIpc) is 2.45. The molecule has 0 spiro atoms. The van der Waals surface area contributed by atoms with Crippen LogP contribution in [0, 0.1) is 6.92 Å². The summed E-state index contributed by atoms with van der Waals surface area (Å²) >= 11 is 5.07. The highest BCUT2D eigenvalue weighted by molar-refractivity contribution is 7.80. The summed E-state index contributed by atoms with van der Waals surface area (Å²) in [5.41, 5.74) is 8.46. The molecule has 0 amide bonds. The van der Waals surface area contributed by atoms with E-state index < -0.39 is 0 Å². The monoisotopic (exact) mass is 287 g/mol. The van der Waals surface area contributed by atoms with Crippen LogP contribution >= 0.6 is 12.2 Å². The van der Waals surface area contributed by atoms with Crippen LogP contribution in [0.2, 0.25) is 0 Å². The van der Waals surface area contributed by atoms with Gasteiger partial charge in [0, 0.05) is 12.2 Å². The third-order valence-corrected chi connectivity index (χ3v) is 3.17. The van der Waals surface area contributed by atoms with Gasteiger partial charge in [0.05, 0.1) is 24.0 Å². The van der Waals surface area contributed by atoms with Crippen molar-refractivity contribution in [1.82, 2.24) is 15.2 Å². The maximum absolute atomic E-state index is 5.75. The van der Waals surface area contributed by atoms with Gasteiger partial charge in [-0.25, -0.2) is 0 Å². The molecule has 0 bridgehead atoms. The topological polar surface area (TPSA) is 67.9 Å². The second-order valence-electron chi connectivity index (χ2n) is 4.42. The average molecular weight is 287 g/mol. The Hall–Kier alpha value is -2.08. The second kappa shape index (κ2) is 6.38. The van der Waals surface area contributed by atoms with Gasteiger partial charge in [0.1, 0.15) is 4.99 Å². The molecule has 0 aromatic carbocycles. The maximum Gasteiger partial charge on any atom is 0.161 e. The van der Waals surface area contributed by atoms with Gasteiger partial charge in [-0.2, -0.15) is 5.10 Å². The molecule has 20 heavy (non-hydrogen) atoms. The molecule has 6 heteroatoms. The van der Waals surface area contributed by atoms with Gasteiger partial charge in [0.2, 0.25) is 0 Å². The van der Waals surface area contributed by atoms with Crippen LogP contribution < -0.4 is 10.6 Å². The van der Waals surface area contributed by atoms with Crippen LogP contribution in [-0.4, -0.2) is 26.7 Å². The summed E-state index contributed by atoms with van der Waals surface area (Å²) in [4.78, 5) is 6.89. The number of aromatic nitrogens is 3. The summed E-state index contributed by atoms with van der Waals surface area (Å²) < 4.78 is 0. The van der Waals surface area contributed by atoms with E-state index in [1.807, 2.05) is 32.0 Å². The van der Waals surface area contributed by atoms with Crippen molar-refractivity contribution in [2.75, 3.05) is 11.4 Å². The number of anilines is 1. The van der Waals surface area contributed by atoms with Crippen LogP contribution in [0.5, 0.6) is 0 Å². The van der Waals surface area contributed by atoms with E-state index in [9.17, 15) is 0 Å². The molecule has 2 heterocycles. The predicted molar refractivity (Wildman–Crippen MR) is 83.6 cm³/mol. The number of hydrogen-bond donors (Lipinski definition) is 1. The lowest BCUT2D eigenvalue weighted by atomic mass is 10.2. The van der Waals surface area contributed by atoms with Crippen LogP contribution in [-0.2, 0) is 6.54 Å². The van der Waals surface area contributed by atoms with E-state index >= 15 is 0 Å². The van der Waals surface area contributed by atoms with Crippen LogP contribution in [0.15, 0.2) is 30.5 Å². The van der Waals surface area contributed by atoms with Crippen molar-refractivity contribution in [3.63, 3.8) is 0 Å². The zero-order valence-electron chi connectivity index (χ0n) is 11.6. The SMILES string of the molecule is CCN(Cc1cccc(C)n1)c1nnccc1C(N)=S. The Morgan fingerprint density at radius 2 is 2.15 bits per heavy atom. The first-order valence-corrected chi connectivity index (χ1v) is 6.81. The Bertz CT molecular complexity index is 614. The van der Waals surface area contributed by atoms with Crippen molar-refractivity contribution < 1.29 is 0 Å². The standard InChI is InChI=1S/C14H17N5S/c1-3-19(9-11-6-4-5-10(2)17-11)14-12(13(15)20)7-8-16-18-14/h4-8H,3,9H2,1-2H3,(H2,15,20). The highest BCUT2D eigenvalue weighted by atomic mass is 32.1. The summed E-state index contributed by atoms with van der Waals surface area (Å²) in [7, 11) is 0. The van der Waals surface area contributed by atoms with Crippen molar-refractivity contribution in [1.29, 1.82) is 0 Å². The number of thiocarbonyl (C=S) groups is 1. The highest BCUT2D eigenvalue weighted by Gasteiger charge is 2.14. The first kappa shape index (κ1) is 14.3. The molecular weight excluding hydrogens is 270 g/mol. The molecule has 2 aromatic rings. The summed E-state index contributed by atoms with van der Waals surface area (Å²) in [5.74, 6) is 0.700. The number of hydrogen-bond acceptors (Lipinski definition) is 5. The minimum Gasteiger partial charge on any atom is -0.389 e. The van der Waals surface area contributed by atoms with E-state index in [1.165, 1.54) is 0 Å². The van der Waals surface area contributed by atoms with Gasteiger partial charge in [0.25, 0.3) is 0 Å². The van der Waals surface area contributed by atoms with E-state index in [0.29, 0.717) is 17.4 Å². The molecule has 0 aliphatic heterocycles. The van der Waals surface area contributed by atoms with Crippen molar-refractivity contribution in [2.24, 2.45) is 5.73 Å². The lowest BCUT2D eigenvalue weighted by Gasteiger charge is -2.23. The Balaban J connectivity index is 2.31. The van der Waals surface area contributed by atoms with Crippen LogP contribution in [0.4, 0.5) is 5.82 Å². The molecule has 0 unspecified atom stereocenters. The Morgan fingerprint density at radius 1 is 1.35 bits per heavy atom. The van der Waals surface area contributed by atoms with Gasteiger partial charge in [-0.15, -0.1) is 5.10 Å². The highest BCUT2D eigenvalue weighted by Crippen LogP contribution is 2.18. The fourth-order valence-electron chi connectivity index (χ4n) is 1.97. The zero-order valence-corrected chi connectivity index (χ0v) is 12.4. The van der Waals surface area contributed by atoms with Gasteiger partial charge in [-0.05, 0) is 32.0 Å². The molecule has 2 aromatic heterocycles. The number of nitrogens with zero attached hydrogens (tertiary/aromatic N) is 4. The van der Waals surface area contributed by atoms with Gasteiger partial charge in [-0.1, -0.05) is 18.3 Å². The zero-order chi connectivity index (χ0) is 14.5. The summed E-state index contributed by atoms with van der Waals surface area (Å²) in [6, 6.07) is 7.75.